The molecule has 1 aliphatic heterocycles. The summed E-state index contributed by atoms with van der Waals surface area (Å²) >= 11 is 7.41. The van der Waals surface area contributed by atoms with Gasteiger partial charge in [0, 0.05) is 16.7 Å². The lowest BCUT2D eigenvalue weighted by Crippen LogP contribution is -2.39. The monoisotopic (exact) mass is 650 g/mol. The first-order valence-corrected chi connectivity index (χ1v) is 15.3. The maximum atomic E-state index is 14.0. The Labute approximate surface area is 267 Å². The number of carbonyl (C=O) groups is 2. The summed E-state index contributed by atoms with van der Waals surface area (Å²) in [7, 11) is 3.04. The number of carbonyl (C=O) groups excluding carboxylic acids is 2. The number of benzene rings is 2. The molecule has 3 heterocycles. The maximum Gasteiger partial charge on any atom is 0.339 e. The molecule has 4 aromatic rings. The molecular weight excluding hydrogens is 620 g/mol. The average molecular weight is 651 g/mol. The fourth-order valence-electron chi connectivity index (χ4n) is 5.01. The first-order valence-electron chi connectivity index (χ1n) is 14.1. The summed E-state index contributed by atoms with van der Waals surface area (Å²) in [4.78, 5) is 45.0. The van der Waals surface area contributed by atoms with Crippen molar-refractivity contribution in [1.29, 1.82) is 0 Å². The van der Waals surface area contributed by atoms with Crippen molar-refractivity contribution in [2.24, 2.45) is 4.99 Å². The fourth-order valence-corrected chi connectivity index (χ4v) is 6.21. The Morgan fingerprint density at radius 3 is 2.51 bits per heavy atom. The Morgan fingerprint density at radius 2 is 1.82 bits per heavy atom. The van der Waals surface area contributed by atoms with Gasteiger partial charge in [-0.15, -0.1) is 0 Å². The van der Waals surface area contributed by atoms with Crippen LogP contribution in [0.1, 0.15) is 55.4 Å². The molecule has 1 atom stereocenters. The lowest BCUT2D eigenvalue weighted by atomic mass is 9.95. The summed E-state index contributed by atoms with van der Waals surface area (Å²) in [6, 6.07) is 12.6. The second-order valence-electron chi connectivity index (χ2n) is 10.3. The zero-order valence-electron chi connectivity index (χ0n) is 25.5. The zero-order valence-corrected chi connectivity index (χ0v) is 27.1. The quantitative estimate of drug-likeness (QED) is 0.224. The van der Waals surface area contributed by atoms with E-state index >= 15 is 0 Å². The minimum Gasteiger partial charge on any atom is -0.493 e. The Morgan fingerprint density at radius 1 is 1.07 bits per heavy atom. The first-order chi connectivity index (χ1) is 21.6. The highest BCUT2D eigenvalue weighted by molar-refractivity contribution is 7.07. The second-order valence-corrected chi connectivity index (χ2v) is 11.7. The minimum atomic E-state index is -0.838. The molecule has 0 spiro atoms. The van der Waals surface area contributed by atoms with E-state index in [0.29, 0.717) is 59.8 Å². The highest BCUT2D eigenvalue weighted by Gasteiger charge is 2.34. The number of furan rings is 1. The van der Waals surface area contributed by atoms with Crippen LogP contribution in [0.15, 0.2) is 74.0 Å². The third kappa shape index (κ3) is 6.31. The van der Waals surface area contributed by atoms with Gasteiger partial charge in [-0.2, -0.15) is 0 Å². The van der Waals surface area contributed by atoms with Crippen LogP contribution >= 0.6 is 22.9 Å². The van der Waals surface area contributed by atoms with E-state index < -0.39 is 18.0 Å². The molecule has 0 saturated carbocycles. The van der Waals surface area contributed by atoms with Crippen molar-refractivity contribution < 1.29 is 33.0 Å². The van der Waals surface area contributed by atoms with Crippen LogP contribution in [-0.4, -0.2) is 43.4 Å². The molecule has 12 heteroatoms. The fraction of sp³-hybridized carbons (Fsp3) is 0.273. The van der Waals surface area contributed by atoms with Crippen LogP contribution < -0.4 is 24.4 Å². The Kier molecular flexibility index (Phi) is 9.31. The number of allylic oxidation sites excluding steroid dienone is 1. The summed E-state index contributed by atoms with van der Waals surface area (Å²) < 4.78 is 29.5. The molecule has 234 valence electrons. The Bertz CT molecular complexity index is 2000. The number of rotatable bonds is 9. The molecule has 5 rings (SSSR count). The van der Waals surface area contributed by atoms with Crippen molar-refractivity contribution in [1.82, 2.24) is 4.57 Å². The smallest absolute Gasteiger partial charge is 0.339 e. The molecule has 0 radical (unpaired) electrons. The van der Waals surface area contributed by atoms with E-state index in [0.717, 1.165) is 11.3 Å². The van der Waals surface area contributed by atoms with Gasteiger partial charge in [0.15, 0.2) is 16.3 Å². The van der Waals surface area contributed by atoms with E-state index in [1.807, 2.05) is 0 Å². The molecule has 0 aliphatic carbocycles. The van der Waals surface area contributed by atoms with Crippen LogP contribution in [0.2, 0.25) is 5.02 Å². The number of methoxy groups -OCH3 is 2. The van der Waals surface area contributed by atoms with Crippen LogP contribution in [-0.2, 0) is 14.3 Å². The normalized spacial score (nSPS) is 14.7. The number of hydrogen-bond donors (Lipinski definition) is 0. The summed E-state index contributed by atoms with van der Waals surface area (Å²) in [6.07, 6.45) is 1.29. The van der Waals surface area contributed by atoms with Crippen LogP contribution in [0, 0.1) is 0 Å². The highest BCUT2D eigenvalue weighted by Crippen LogP contribution is 2.36. The molecule has 0 bridgehead atoms. The van der Waals surface area contributed by atoms with Crippen molar-refractivity contribution in [3.63, 3.8) is 0 Å². The van der Waals surface area contributed by atoms with E-state index in [1.54, 1.807) is 82.3 Å². The molecular formula is C33H31ClN2O8S. The highest BCUT2D eigenvalue weighted by atomic mass is 35.5. The summed E-state index contributed by atoms with van der Waals surface area (Å²) in [5.41, 5.74) is 1.66. The van der Waals surface area contributed by atoms with Crippen molar-refractivity contribution >= 4 is 41.0 Å². The third-order valence-electron chi connectivity index (χ3n) is 6.95. The second kappa shape index (κ2) is 13.2. The molecule has 1 aliphatic rings. The van der Waals surface area contributed by atoms with E-state index in [2.05, 4.69) is 4.99 Å². The van der Waals surface area contributed by atoms with Crippen molar-refractivity contribution in [3.05, 3.63) is 101 Å². The molecule has 0 unspecified atom stereocenters. The van der Waals surface area contributed by atoms with Gasteiger partial charge < -0.3 is 23.4 Å². The summed E-state index contributed by atoms with van der Waals surface area (Å²) in [6.45, 7) is 7.11. The van der Waals surface area contributed by atoms with Crippen molar-refractivity contribution in [3.8, 4) is 22.8 Å². The minimum absolute atomic E-state index is 0.156. The largest absolute Gasteiger partial charge is 0.493 e. The standard InChI is InChI=1S/C33H31ClN2O8S/c1-7-42-32(39)28-18(4)35-33-36(29(28)19-8-12-25(40-5)26(14-19)41-6)30(37)27(45-33)16-21-10-13-24(44-21)23-15-20(34)9-11-22(23)31(38)43-17(2)3/h8-17,29H,7H2,1-6H3/b27-16+/t29-/m1/s1. The third-order valence-corrected chi connectivity index (χ3v) is 8.17. The van der Waals surface area contributed by atoms with E-state index in [-0.39, 0.29) is 23.8 Å². The average Bonchev–Trinajstić information content (AvgIpc) is 3.59. The number of halogens is 1. The molecule has 2 aromatic heterocycles. The van der Waals surface area contributed by atoms with Crippen LogP contribution in [0.4, 0.5) is 0 Å². The molecule has 45 heavy (non-hydrogen) atoms. The number of hydrogen-bond acceptors (Lipinski definition) is 10. The van der Waals surface area contributed by atoms with Gasteiger partial charge in [-0.1, -0.05) is 29.0 Å². The van der Waals surface area contributed by atoms with Gasteiger partial charge in [-0.3, -0.25) is 9.36 Å². The predicted octanol–water partition coefficient (Wildman–Crippen LogP) is 5.29. The number of thiazole rings is 1. The molecule has 0 fully saturated rings. The number of esters is 2. The van der Waals surface area contributed by atoms with E-state index in [1.165, 1.54) is 18.8 Å². The van der Waals surface area contributed by atoms with Gasteiger partial charge in [0.2, 0.25) is 0 Å². The number of aromatic nitrogens is 1. The van der Waals surface area contributed by atoms with Crippen LogP contribution in [0.25, 0.3) is 17.4 Å². The van der Waals surface area contributed by atoms with Crippen molar-refractivity contribution in [2.75, 3.05) is 20.8 Å². The molecule has 0 amide bonds. The molecule has 0 N–H and O–H groups in total. The summed E-state index contributed by atoms with van der Waals surface area (Å²) in [5.74, 6) is 0.595. The maximum absolute atomic E-state index is 14.0. The number of nitrogens with zero attached hydrogens (tertiary/aromatic N) is 2. The molecule has 0 saturated heterocycles. The Hall–Kier alpha value is -4.61. The Balaban J connectivity index is 1.63. The zero-order chi connectivity index (χ0) is 32.4. The predicted molar refractivity (Wildman–Crippen MR) is 170 cm³/mol. The molecule has 10 nitrogen and oxygen atoms in total. The lowest BCUT2D eigenvalue weighted by molar-refractivity contribution is -0.139. The van der Waals surface area contributed by atoms with Gasteiger partial charge in [-0.25, -0.2) is 14.6 Å². The SMILES string of the molecule is CCOC(=O)C1=C(C)N=c2s/c(=C/c3ccc(-c4cc(Cl)ccc4C(=O)OC(C)C)o3)c(=O)n2[C@@H]1c1ccc(OC)c(OC)c1. The van der Waals surface area contributed by atoms with E-state index in [9.17, 15) is 14.4 Å². The number of fused-ring (bicyclic) bond motifs is 1. The van der Waals surface area contributed by atoms with Gasteiger partial charge in [-0.05, 0) is 75.7 Å². The van der Waals surface area contributed by atoms with Gasteiger partial charge in [0.25, 0.3) is 5.56 Å². The number of ether oxygens (including phenoxy) is 4. The van der Waals surface area contributed by atoms with Gasteiger partial charge in [0.1, 0.15) is 11.5 Å². The molecule has 2 aromatic carbocycles. The van der Waals surface area contributed by atoms with Crippen LogP contribution in [0.3, 0.4) is 0 Å². The van der Waals surface area contributed by atoms with Gasteiger partial charge >= 0.3 is 11.9 Å². The first kappa shape index (κ1) is 31.8. The van der Waals surface area contributed by atoms with Crippen LogP contribution in [0.5, 0.6) is 11.5 Å². The summed E-state index contributed by atoms with van der Waals surface area (Å²) in [5, 5.41) is 0.417. The topological polar surface area (TPSA) is 119 Å². The van der Waals surface area contributed by atoms with E-state index in [4.69, 9.17) is 35.0 Å². The van der Waals surface area contributed by atoms with Crippen molar-refractivity contribution in [2.45, 2.75) is 39.8 Å². The van der Waals surface area contributed by atoms with Gasteiger partial charge in [0.05, 0.1) is 54.3 Å². The lowest BCUT2D eigenvalue weighted by Gasteiger charge is -2.25.